The quantitative estimate of drug-likeness (QED) is 0.877. The van der Waals surface area contributed by atoms with Gasteiger partial charge in [0.2, 0.25) is 0 Å². The monoisotopic (exact) mass is 343 g/mol. The lowest BCUT2D eigenvalue weighted by atomic mass is 10.1. The lowest BCUT2D eigenvalue weighted by Crippen LogP contribution is -2.30. The van der Waals surface area contributed by atoms with E-state index >= 15 is 0 Å². The molecule has 3 rings (SSSR count). The Labute approximate surface area is 145 Å². The summed E-state index contributed by atoms with van der Waals surface area (Å²) >= 11 is 1.39. The van der Waals surface area contributed by atoms with E-state index in [0.29, 0.717) is 22.0 Å². The normalized spacial score (nSPS) is 17.0. The van der Waals surface area contributed by atoms with Crippen LogP contribution in [0.15, 0.2) is 41.8 Å². The van der Waals surface area contributed by atoms with Crippen LogP contribution in [0.2, 0.25) is 0 Å². The molecule has 24 heavy (non-hydrogen) atoms. The Morgan fingerprint density at radius 3 is 2.92 bits per heavy atom. The molecule has 2 amide bonds. The van der Waals surface area contributed by atoms with Crippen molar-refractivity contribution in [3.05, 3.63) is 52.2 Å². The molecule has 1 aliphatic heterocycles. The Kier molecular flexibility index (Phi) is 5.27. The second-order valence-electron chi connectivity index (χ2n) is 5.98. The number of rotatable bonds is 5. The molecule has 2 N–H and O–H groups in total. The summed E-state index contributed by atoms with van der Waals surface area (Å²) in [5.41, 5.74) is 1.26. The van der Waals surface area contributed by atoms with E-state index in [0.717, 1.165) is 26.1 Å². The summed E-state index contributed by atoms with van der Waals surface area (Å²) in [4.78, 5) is 27.3. The molecule has 2 aromatic rings. The number of likely N-dealkylation sites (tertiary alicyclic amines) is 1. The van der Waals surface area contributed by atoms with Crippen LogP contribution in [0.1, 0.15) is 26.5 Å². The van der Waals surface area contributed by atoms with E-state index in [1.807, 2.05) is 23.4 Å². The van der Waals surface area contributed by atoms with Crippen LogP contribution in [0.3, 0.4) is 0 Å². The van der Waals surface area contributed by atoms with Gasteiger partial charge in [-0.15, -0.1) is 11.3 Å². The Morgan fingerprint density at radius 1 is 1.29 bits per heavy atom. The van der Waals surface area contributed by atoms with E-state index in [-0.39, 0.29) is 11.8 Å². The molecule has 0 bridgehead atoms. The van der Waals surface area contributed by atoms with Crippen molar-refractivity contribution in [2.45, 2.75) is 6.42 Å². The van der Waals surface area contributed by atoms with Gasteiger partial charge in [0.1, 0.15) is 0 Å². The molecule has 1 aliphatic rings. The third-order valence-electron chi connectivity index (χ3n) is 4.18. The summed E-state index contributed by atoms with van der Waals surface area (Å²) in [7, 11) is 1.93. The van der Waals surface area contributed by atoms with Crippen molar-refractivity contribution in [3.63, 3.8) is 0 Å². The fourth-order valence-electron chi connectivity index (χ4n) is 2.99. The maximum absolute atomic E-state index is 12.7. The Balaban J connectivity index is 1.67. The van der Waals surface area contributed by atoms with Crippen LogP contribution >= 0.6 is 11.3 Å². The van der Waals surface area contributed by atoms with E-state index in [4.69, 9.17) is 0 Å². The van der Waals surface area contributed by atoms with E-state index in [1.54, 1.807) is 30.3 Å². The minimum absolute atomic E-state index is 0.0285. The average molecular weight is 343 g/mol. The molecule has 1 saturated heterocycles. The lowest BCUT2D eigenvalue weighted by molar-refractivity contribution is 0.0787. The smallest absolute Gasteiger partial charge is 0.265 e. The predicted octanol–water partition coefficient (Wildman–Crippen LogP) is 2.68. The van der Waals surface area contributed by atoms with E-state index in [9.17, 15) is 9.59 Å². The summed E-state index contributed by atoms with van der Waals surface area (Å²) in [5, 5.41) is 7.88. The third-order valence-corrected chi connectivity index (χ3v) is 5.05. The topological polar surface area (TPSA) is 61.4 Å². The largest absolute Gasteiger partial charge is 0.338 e. The predicted molar refractivity (Wildman–Crippen MR) is 96.7 cm³/mol. The van der Waals surface area contributed by atoms with Gasteiger partial charge in [-0.25, -0.2) is 0 Å². The van der Waals surface area contributed by atoms with E-state index < -0.39 is 0 Å². The maximum atomic E-state index is 12.7. The highest BCUT2D eigenvalue weighted by Gasteiger charge is 2.26. The summed E-state index contributed by atoms with van der Waals surface area (Å²) in [5.74, 6) is 0.395. The van der Waals surface area contributed by atoms with Crippen molar-refractivity contribution in [2.75, 3.05) is 32.0 Å². The fraction of sp³-hybridized carbons (Fsp3) is 0.333. The summed E-state index contributed by atoms with van der Waals surface area (Å²) in [6.45, 7) is 2.50. The van der Waals surface area contributed by atoms with Gasteiger partial charge in [0.05, 0.1) is 4.88 Å². The first-order valence-corrected chi connectivity index (χ1v) is 8.94. The Morgan fingerprint density at radius 2 is 2.17 bits per heavy atom. The first-order chi connectivity index (χ1) is 11.7. The molecule has 1 fully saturated rings. The summed E-state index contributed by atoms with van der Waals surface area (Å²) < 4.78 is 0. The number of nitrogens with one attached hydrogen (secondary N) is 2. The first kappa shape index (κ1) is 16.7. The van der Waals surface area contributed by atoms with E-state index in [2.05, 4.69) is 10.6 Å². The zero-order valence-electron chi connectivity index (χ0n) is 13.6. The number of carbonyl (C=O) groups excluding carboxylic acids is 2. The van der Waals surface area contributed by atoms with Crippen LogP contribution in [-0.2, 0) is 0 Å². The van der Waals surface area contributed by atoms with Crippen molar-refractivity contribution in [1.29, 1.82) is 0 Å². The highest BCUT2D eigenvalue weighted by atomic mass is 32.1. The Bertz CT molecular complexity index is 715. The Hall–Kier alpha value is -2.18. The molecule has 0 saturated carbocycles. The molecule has 0 aliphatic carbocycles. The van der Waals surface area contributed by atoms with Gasteiger partial charge in [-0.3, -0.25) is 9.59 Å². The molecular weight excluding hydrogens is 322 g/mol. The van der Waals surface area contributed by atoms with Gasteiger partial charge in [0, 0.05) is 24.3 Å². The van der Waals surface area contributed by atoms with Gasteiger partial charge in [-0.1, -0.05) is 12.1 Å². The minimum atomic E-state index is -0.148. The van der Waals surface area contributed by atoms with Gasteiger partial charge in [-0.05, 0) is 55.6 Å². The molecule has 0 radical (unpaired) electrons. The van der Waals surface area contributed by atoms with Crippen molar-refractivity contribution in [3.8, 4) is 0 Å². The lowest BCUT2D eigenvalue weighted by Gasteiger charge is -2.17. The number of carbonyl (C=O) groups is 2. The number of thiophene rings is 1. The fourth-order valence-corrected chi connectivity index (χ4v) is 3.60. The van der Waals surface area contributed by atoms with Gasteiger partial charge in [-0.2, -0.15) is 0 Å². The molecule has 6 heteroatoms. The number of hydrogen-bond acceptors (Lipinski definition) is 4. The van der Waals surface area contributed by atoms with Crippen LogP contribution in [0.4, 0.5) is 5.69 Å². The third kappa shape index (κ3) is 3.83. The van der Waals surface area contributed by atoms with Gasteiger partial charge in [0.15, 0.2) is 0 Å². The molecule has 5 nitrogen and oxygen atoms in total. The molecule has 1 atom stereocenters. The van der Waals surface area contributed by atoms with Gasteiger partial charge in [0.25, 0.3) is 11.8 Å². The number of hydrogen-bond donors (Lipinski definition) is 2. The standard InChI is InChI=1S/C18H21N3O2S/c1-19-11-13-7-8-21(12-13)18(23)14-4-2-5-15(10-14)20-17(22)16-6-3-9-24-16/h2-6,9-10,13,19H,7-8,11-12H2,1H3,(H,20,22). The van der Waals surface area contributed by atoms with Crippen LogP contribution in [0.25, 0.3) is 0 Å². The molecule has 1 unspecified atom stereocenters. The SMILES string of the molecule is CNCC1CCN(C(=O)c2cccc(NC(=O)c3cccs3)c2)C1. The zero-order chi connectivity index (χ0) is 16.9. The van der Waals surface area contributed by atoms with Crippen LogP contribution in [-0.4, -0.2) is 43.4 Å². The second kappa shape index (κ2) is 7.59. The molecule has 126 valence electrons. The molecule has 2 heterocycles. The molecular formula is C18H21N3O2S. The van der Waals surface area contributed by atoms with Gasteiger partial charge < -0.3 is 15.5 Å². The number of benzene rings is 1. The molecule has 1 aromatic heterocycles. The van der Waals surface area contributed by atoms with Crippen LogP contribution < -0.4 is 10.6 Å². The number of anilines is 1. The highest BCUT2D eigenvalue weighted by molar-refractivity contribution is 7.12. The molecule has 1 aromatic carbocycles. The number of amides is 2. The van der Waals surface area contributed by atoms with Crippen LogP contribution in [0.5, 0.6) is 0 Å². The van der Waals surface area contributed by atoms with Crippen molar-refractivity contribution >= 4 is 28.8 Å². The highest BCUT2D eigenvalue weighted by Crippen LogP contribution is 2.20. The average Bonchev–Trinajstić information content (AvgIpc) is 3.26. The van der Waals surface area contributed by atoms with E-state index in [1.165, 1.54) is 11.3 Å². The van der Waals surface area contributed by atoms with Crippen LogP contribution in [0, 0.1) is 5.92 Å². The van der Waals surface area contributed by atoms with Crippen molar-refractivity contribution in [1.82, 2.24) is 10.2 Å². The summed E-state index contributed by atoms with van der Waals surface area (Å²) in [6.07, 6.45) is 1.03. The minimum Gasteiger partial charge on any atom is -0.338 e. The zero-order valence-corrected chi connectivity index (χ0v) is 14.4. The summed E-state index contributed by atoms with van der Waals surface area (Å²) in [6, 6.07) is 10.8. The second-order valence-corrected chi connectivity index (χ2v) is 6.92. The van der Waals surface area contributed by atoms with Gasteiger partial charge >= 0.3 is 0 Å². The van der Waals surface area contributed by atoms with Crippen molar-refractivity contribution in [2.24, 2.45) is 5.92 Å². The number of nitrogens with zero attached hydrogens (tertiary/aromatic N) is 1. The maximum Gasteiger partial charge on any atom is 0.265 e. The molecule has 0 spiro atoms. The van der Waals surface area contributed by atoms with Crippen molar-refractivity contribution < 1.29 is 9.59 Å². The first-order valence-electron chi connectivity index (χ1n) is 8.06.